The molecule has 0 radical (unpaired) electrons. The largest absolute Gasteiger partial charge is 0.382 e. The summed E-state index contributed by atoms with van der Waals surface area (Å²) in [4.78, 5) is 11.8. The van der Waals surface area contributed by atoms with Crippen LogP contribution >= 0.6 is 0 Å². The van der Waals surface area contributed by atoms with Crippen molar-refractivity contribution >= 4 is 5.91 Å². The van der Waals surface area contributed by atoms with Crippen molar-refractivity contribution in [1.82, 2.24) is 5.32 Å². The molecule has 2 saturated carbocycles. The van der Waals surface area contributed by atoms with Crippen molar-refractivity contribution < 1.29 is 14.3 Å². The van der Waals surface area contributed by atoms with Gasteiger partial charge in [-0.05, 0) is 43.4 Å². The number of hydrogen-bond donors (Lipinski definition) is 1. The van der Waals surface area contributed by atoms with Crippen molar-refractivity contribution in [1.29, 1.82) is 0 Å². The molecule has 2 aliphatic rings. The molecule has 0 heterocycles. The van der Waals surface area contributed by atoms with Crippen LogP contribution < -0.4 is 5.32 Å². The molecule has 1 N–H and O–H groups in total. The Balaban J connectivity index is 1.46. The van der Waals surface area contributed by atoms with Gasteiger partial charge in [-0.15, -0.1) is 0 Å². The summed E-state index contributed by atoms with van der Waals surface area (Å²) in [5.41, 5.74) is 0. The molecule has 0 aromatic heterocycles. The number of hydrogen-bond acceptors (Lipinski definition) is 3. The highest BCUT2D eigenvalue weighted by atomic mass is 16.5. The number of carbonyl (C=O) groups is 1. The Morgan fingerprint density at radius 1 is 1.21 bits per heavy atom. The summed E-state index contributed by atoms with van der Waals surface area (Å²) in [6, 6.07) is 0. The molecule has 0 aliphatic heterocycles. The van der Waals surface area contributed by atoms with E-state index in [0.717, 1.165) is 31.2 Å². The van der Waals surface area contributed by atoms with Crippen molar-refractivity contribution in [2.45, 2.75) is 38.5 Å². The van der Waals surface area contributed by atoms with E-state index in [1.54, 1.807) is 7.11 Å². The summed E-state index contributed by atoms with van der Waals surface area (Å²) in [5, 5.41) is 3.01. The summed E-state index contributed by atoms with van der Waals surface area (Å²) < 4.78 is 10.2. The van der Waals surface area contributed by atoms with Gasteiger partial charge in [-0.2, -0.15) is 0 Å². The lowest BCUT2D eigenvalue weighted by molar-refractivity contribution is -0.122. The molecular formula is C15H27NO3. The van der Waals surface area contributed by atoms with Gasteiger partial charge < -0.3 is 14.8 Å². The predicted molar refractivity (Wildman–Crippen MR) is 73.9 cm³/mol. The van der Waals surface area contributed by atoms with E-state index >= 15 is 0 Å². The molecule has 0 aromatic carbocycles. The SMILES string of the molecule is COCCOCCCNC(=O)CC1CC2CCC1C2. The predicted octanol–water partition coefficient (Wildman–Crippen LogP) is 1.98. The number of nitrogens with one attached hydrogen (secondary N) is 1. The normalized spacial score (nSPS) is 28.8. The van der Waals surface area contributed by atoms with Crippen molar-refractivity contribution in [3.63, 3.8) is 0 Å². The van der Waals surface area contributed by atoms with E-state index in [9.17, 15) is 4.79 Å². The van der Waals surface area contributed by atoms with Gasteiger partial charge in [0.05, 0.1) is 13.2 Å². The third-order valence-corrected chi connectivity index (χ3v) is 4.55. The second kappa shape index (κ2) is 7.85. The van der Waals surface area contributed by atoms with Gasteiger partial charge in [0.15, 0.2) is 0 Å². The summed E-state index contributed by atoms with van der Waals surface area (Å²) in [7, 11) is 1.67. The van der Waals surface area contributed by atoms with E-state index in [1.165, 1.54) is 25.7 Å². The highest BCUT2D eigenvalue weighted by molar-refractivity contribution is 5.76. The van der Waals surface area contributed by atoms with Crippen LogP contribution in [0.5, 0.6) is 0 Å². The van der Waals surface area contributed by atoms with Crippen LogP contribution in [0.25, 0.3) is 0 Å². The number of ether oxygens (including phenoxy) is 2. The third kappa shape index (κ3) is 4.77. The lowest BCUT2D eigenvalue weighted by atomic mass is 9.86. The Bertz CT molecular complexity index is 283. The number of rotatable bonds is 9. The molecule has 0 aromatic rings. The zero-order valence-electron chi connectivity index (χ0n) is 12.0. The second-order valence-electron chi connectivity index (χ2n) is 5.95. The van der Waals surface area contributed by atoms with Crippen LogP contribution in [0.2, 0.25) is 0 Å². The maximum absolute atomic E-state index is 11.8. The van der Waals surface area contributed by atoms with Crippen LogP contribution in [0.4, 0.5) is 0 Å². The Morgan fingerprint density at radius 2 is 2.11 bits per heavy atom. The topological polar surface area (TPSA) is 47.6 Å². The zero-order chi connectivity index (χ0) is 13.5. The van der Waals surface area contributed by atoms with Crippen LogP contribution in [0.1, 0.15) is 38.5 Å². The van der Waals surface area contributed by atoms with Crippen LogP contribution in [-0.4, -0.2) is 39.4 Å². The van der Waals surface area contributed by atoms with E-state index in [2.05, 4.69) is 5.32 Å². The molecule has 2 fully saturated rings. The molecule has 3 unspecified atom stereocenters. The number of methoxy groups -OCH3 is 1. The van der Waals surface area contributed by atoms with Gasteiger partial charge in [-0.3, -0.25) is 4.79 Å². The minimum atomic E-state index is 0.231. The molecule has 3 atom stereocenters. The molecule has 2 aliphatic carbocycles. The Labute approximate surface area is 116 Å². The van der Waals surface area contributed by atoms with Crippen molar-refractivity contribution in [3.05, 3.63) is 0 Å². The van der Waals surface area contributed by atoms with E-state index in [-0.39, 0.29) is 5.91 Å². The fraction of sp³-hybridized carbons (Fsp3) is 0.933. The molecule has 110 valence electrons. The molecule has 2 rings (SSSR count). The highest BCUT2D eigenvalue weighted by Gasteiger charge is 2.39. The summed E-state index contributed by atoms with van der Waals surface area (Å²) in [6.45, 7) is 2.69. The molecule has 4 nitrogen and oxygen atoms in total. The van der Waals surface area contributed by atoms with Gasteiger partial charge in [-0.1, -0.05) is 6.42 Å². The fourth-order valence-corrected chi connectivity index (χ4v) is 3.58. The van der Waals surface area contributed by atoms with Gasteiger partial charge in [0.25, 0.3) is 0 Å². The molecule has 2 bridgehead atoms. The van der Waals surface area contributed by atoms with Crippen LogP contribution in [0.3, 0.4) is 0 Å². The molecule has 0 saturated heterocycles. The van der Waals surface area contributed by atoms with Gasteiger partial charge in [0.2, 0.25) is 5.91 Å². The maximum Gasteiger partial charge on any atom is 0.220 e. The number of carbonyl (C=O) groups excluding carboxylic acids is 1. The smallest absolute Gasteiger partial charge is 0.220 e. The first-order valence-electron chi connectivity index (χ1n) is 7.63. The molecule has 4 heteroatoms. The first-order valence-corrected chi connectivity index (χ1v) is 7.63. The van der Waals surface area contributed by atoms with Crippen molar-refractivity contribution in [3.8, 4) is 0 Å². The van der Waals surface area contributed by atoms with Gasteiger partial charge in [-0.25, -0.2) is 0 Å². The lowest BCUT2D eigenvalue weighted by Crippen LogP contribution is -2.28. The minimum Gasteiger partial charge on any atom is -0.382 e. The fourth-order valence-electron chi connectivity index (χ4n) is 3.58. The van der Waals surface area contributed by atoms with Crippen LogP contribution in [-0.2, 0) is 14.3 Å². The Kier molecular flexibility index (Phi) is 6.11. The minimum absolute atomic E-state index is 0.231. The zero-order valence-corrected chi connectivity index (χ0v) is 12.0. The van der Waals surface area contributed by atoms with Gasteiger partial charge in [0.1, 0.15) is 0 Å². The molecule has 19 heavy (non-hydrogen) atoms. The van der Waals surface area contributed by atoms with Crippen molar-refractivity contribution in [2.24, 2.45) is 17.8 Å². The average Bonchev–Trinajstić information content (AvgIpc) is 3.00. The van der Waals surface area contributed by atoms with E-state index < -0.39 is 0 Å². The lowest BCUT2D eigenvalue weighted by Gasteiger charge is -2.20. The van der Waals surface area contributed by atoms with Gasteiger partial charge >= 0.3 is 0 Å². The van der Waals surface area contributed by atoms with E-state index in [0.29, 0.717) is 25.7 Å². The molecule has 1 amide bonds. The van der Waals surface area contributed by atoms with Crippen LogP contribution in [0, 0.1) is 17.8 Å². The number of amides is 1. The standard InChI is InChI=1S/C15H27NO3/c1-18-7-8-19-6-2-5-16-15(17)11-14-10-12-3-4-13(14)9-12/h12-14H,2-11H2,1H3,(H,16,17). The van der Waals surface area contributed by atoms with E-state index in [4.69, 9.17) is 9.47 Å². The van der Waals surface area contributed by atoms with Crippen molar-refractivity contribution in [2.75, 3.05) is 33.5 Å². The van der Waals surface area contributed by atoms with E-state index in [1.807, 2.05) is 0 Å². The first-order chi connectivity index (χ1) is 9.29. The maximum atomic E-state index is 11.8. The quantitative estimate of drug-likeness (QED) is 0.651. The first kappa shape index (κ1) is 14.8. The summed E-state index contributed by atoms with van der Waals surface area (Å²) in [5.74, 6) is 2.66. The molecular weight excluding hydrogens is 242 g/mol. The monoisotopic (exact) mass is 269 g/mol. The Hall–Kier alpha value is -0.610. The Morgan fingerprint density at radius 3 is 2.79 bits per heavy atom. The number of fused-ring (bicyclic) bond motifs is 2. The summed E-state index contributed by atoms with van der Waals surface area (Å²) >= 11 is 0. The second-order valence-corrected chi connectivity index (χ2v) is 5.95. The highest BCUT2D eigenvalue weighted by Crippen LogP contribution is 2.49. The summed E-state index contributed by atoms with van der Waals surface area (Å²) in [6.07, 6.45) is 7.05. The third-order valence-electron chi connectivity index (χ3n) is 4.55. The molecule has 0 spiro atoms. The average molecular weight is 269 g/mol. The van der Waals surface area contributed by atoms with Crippen LogP contribution in [0.15, 0.2) is 0 Å². The van der Waals surface area contributed by atoms with Gasteiger partial charge in [0, 0.05) is 26.7 Å².